The number of rotatable bonds is 5. The molecule has 0 amide bonds. The lowest BCUT2D eigenvalue weighted by Crippen LogP contribution is -2.40. The van der Waals surface area contributed by atoms with E-state index in [1.165, 1.54) is 19.4 Å². The van der Waals surface area contributed by atoms with Gasteiger partial charge in [-0.15, -0.1) is 0 Å². The molecule has 102 valence electrons. The third-order valence-electron chi connectivity index (χ3n) is 3.76. The molecule has 3 nitrogen and oxygen atoms in total. The summed E-state index contributed by atoms with van der Waals surface area (Å²) in [5.41, 5.74) is 0.0107. The smallest absolute Gasteiger partial charge is 0.0600 e. The van der Waals surface area contributed by atoms with Gasteiger partial charge in [0.05, 0.1) is 6.10 Å². The SMILES string of the molecule is CN(C)CC1CCCN1CCC(O)C(C)(C)C. The van der Waals surface area contributed by atoms with Crippen LogP contribution >= 0.6 is 0 Å². The van der Waals surface area contributed by atoms with E-state index in [9.17, 15) is 5.11 Å². The van der Waals surface area contributed by atoms with Crippen LogP contribution in [0.25, 0.3) is 0 Å². The van der Waals surface area contributed by atoms with Crippen molar-refractivity contribution in [3.8, 4) is 0 Å². The second kappa shape index (κ2) is 6.17. The second-order valence-corrected chi connectivity index (χ2v) is 6.76. The van der Waals surface area contributed by atoms with E-state index in [-0.39, 0.29) is 11.5 Å². The van der Waals surface area contributed by atoms with Crippen LogP contribution in [0.2, 0.25) is 0 Å². The van der Waals surface area contributed by atoms with E-state index in [2.05, 4.69) is 44.7 Å². The molecule has 0 aromatic carbocycles. The Balaban J connectivity index is 2.35. The first-order chi connectivity index (χ1) is 7.80. The molecule has 2 atom stereocenters. The Labute approximate surface area is 107 Å². The van der Waals surface area contributed by atoms with Gasteiger partial charge in [0.25, 0.3) is 0 Å². The minimum atomic E-state index is -0.192. The lowest BCUT2D eigenvalue weighted by molar-refractivity contribution is 0.0432. The van der Waals surface area contributed by atoms with Crippen LogP contribution in [0.3, 0.4) is 0 Å². The average Bonchev–Trinajstić information content (AvgIpc) is 2.59. The summed E-state index contributed by atoms with van der Waals surface area (Å²) in [7, 11) is 4.28. The van der Waals surface area contributed by atoms with E-state index < -0.39 is 0 Å². The van der Waals surface area contributed by atoms with Gasteiger partial charge >= 0.3 is 0 Å². The van der Waals surface area contributed by atoms with Gasteiger partial charge in [0.1, 0.15) is 0 Å². The fraction of sp³-hybridized carbons (Fsp3) is 1.00. The van der Waals surface area contributed by atoms with Gasteiger partial charge < -0.3 is 10.0 Å². The van der Waals surface area contributed by atoms with Gasteiger partial charge in [0.2, 0.25) is 0 Å². The Morgan fingerprint density at radius 2 is 2.00 bits per heavy atom. The van der Waals surface area contributed by atoms with E-state index >= 15 is 0 Å². The van der Waals surface area contributed by atoms with Crippen LogP contribution in [-0.2, 0) is 0 Å². The monoisotopic (exact) mass is 242 g/mol. The zero-order valence-electron chi connectivity index (χ0n) is 12.2. The van der Waals surface area contributed by atoms with Gasteiger partial charge in [-0.1, -0.05) is 20.8 Å². The van der Waals surface area contributed by atoms with Crippen LogP contribution in [0.5, 0.6) is 0 Å². The second-order valence-electron chi connectivity index (χ2n) is 6.76. The zero-order chi connectivity index (χ0) is 13.1. The predicted octanol–water partition coefficient (Wildman–Crippen LogP) is 1.81. The number of hydrogen-bond acceptors (Lipinski definition) is 3. The molecule has 1 aliphatic rings. The summed E-state index contributed by atoms with van der Waals surface area (Å²) >= 11 is 0. The molecule has 1 N–H and O–H groups in total. The minimum absolute atomic E-state index is 0.0107. The molecule has 1 aliphatic heterocycles. The standard InChI is InChI=1S/C14H30N2O/c1-14(2,3)13(17)8-10-16-9-6-7-12(16)11-15(4)5/h12-13,17H,6-11H2,1-5H3. The normalized spacial score (nSPS) is 24.5. The summed E-state index contributed by atoms with van der Waals surface area (Å²) < 4.78 is 0. The van der Waals surface area contributed by atoms with Crippen LogP contribution in [0.4, 0.5) is 0 Å². The van der Waals surface area contributed by atoms with Crippen molar-refractivity contribution in [1.29, 1.82) is 0 Å². The van der Waals surface area contributed by atoms with Crippen molar-refractivity contribution < 1.29 is 5.11 Å². The van der Waals surface area contributed by atoms with Crippen molar-refractivity contribution in [2.24, 2.45) is 5.41 Å². The highest BCUT2D eigenvalue weighted by Crippen LogP contribution is 2.24. The van der Waals surface area contributed by atoms with Crippen molar-refractivity contribution >= 4 is 0 Å². The van der Waals surface area contributed by atoms with Gasteiger partial charge in [-0.2, -0.15) is 0 Å². The Kier molecular flexibility index (Phi) is 5.42. The molecule has 2 unspecified atom stereocenters. The summed E-state index contributed by atoms with van der Waals surface area (Å²) in [6.45, 7) is 9.72. The molecule has 17 heavy (non-hydrogen) atoms. The summed E-state index contributed by atoms with van der Waals surface area (Å²) in [4.78, 5) is 4.82. The van der Waals surface area contributed by atoms with Crippen molar-refractivity contribution in [3.05, 3.63) is 0 Å². The Hall–Kier alpha value is -0.120. The molecule has 0 aliphatic carbocycles. The van der Waals surface area contributed by atoms with E-state index in [0.29, 0.717) is 6.04 Å². The number of hydrogen-bond donors (Lipinski definition) is 1. The van der Waals surface area contributed by atoms with E-state index in [1.54, 1.807) is 0 Å². The fourth-order valence-electron chi connectivity index (χ4n) is 2.54. The number of nitrogens with zero attached hydrogens (tertiary/aromatic N) is 2. The molecule has 0 radical (unpaired) electrons. The first-order valence-electron chi connectivity index (χ1n) is 6.87. The maximum Gasteiger partial charge on any atom is 0.0600 e. The molecule has 1 rings (SSSR count). The average molecular weight is 242 g/mol. The van der Waals surface area contributed by atoms with Crippen LogP contribution in [0.15, 0.2) is 0 Å². The maximum atomic E-state index is 10.1. The van der Waals surface area contributed by atoms with Crippen molar-refractivity contribution in [2.75, 3.05) is 33.7 Å². The topological polar surface area (TPSA) is 26.7 Å². The largest absolute Gasteiger partial charge is 0.393 e. The Morgan fingerprint density at radius 3 is 2.53 bits per heavy atom. The highest BCUT2D eigenvalue weighted by Gasteiger charge is 2.27. The molecule has 1 saturated heterocycles. The van der Waals surface area contributed by atoms with Gasteiger partial charge in [-0.25, -0.2) is 0 Å². The molecular weight excluding hydrogens is 212 g/mol. The highest BCUT2D eigenvalue weighted by molar-refractivity contribution is 4.82. The lowest BCUT2D eigenvalue weighted by atomic mass is 9.87. The first kappa shape index (κ1) is 14.9. The van der Waals surface area contributed by atoms with E-state index in [1.807, 2.05) is 0 Å². The Bertz CT molecular complexity index is 223. The fourth-order valence-corrected chi connectivity index (χ4v) is 2.54. The van der Waals surface area contributed by atoms with Crippen LogP contribution in [-0.4, -0.2) is 60.8 Å². The van der Waals surface area contributed by atoms with Gasteiger partial charge in [-0.3, -0.25) is 4.90 Å². The lowest BCUT2D eigenvalue weighted by Gasteiger charge is -2.31. The third-order valence-corrected chi connectivity index (χ3v) is 3.76. The number of aliphatic hydroxyl groups is 1. The molecular formula is C14H30N2O. The Morgan fingerprint density at radius 1 is 1.35 bits per heavy atom. The van der Waals surface area contributed by atoms with Crippen molar-refractivity contribution in [2.45, 2.75) is 52.2 Å². The van der Waals surface area contributed by atoms with Crippen molar-refractivity contribution in [3.63, 3.8) is 0 Å². The molecule has 0 aromatic rings. The molecule has 0 aromatic heterocycles. The third kappa shape index (κ3) is 4.94. The van der Waals surface area contributed by atoms with Crippen LogP contribution < -0.4 is 0 Å². The van der Waals surface area contributed by atoms with Crippen molar-refractivity contribution in [1.82, 2.24) is 9.80 Å². The number of likely N-dealkylation sites (tertiary alicyclic amines) is 1. The molecule has 0 bridgehead atoms. The molecule has 0 saturated carbocycles. The summed E-state index contributed by atoms with van der Waals surface area (Å²) in [5, 5.41) is 10.1. The summed E-state index contributed by atoms with van der Waals surface area (Å²) in [5.74, 6) is 0. The quantitative estimate of drug-likeness (QED) is 0.796. The predicted molar refractivity (Wildman–Crippen MR) is 73.2 cm³/mol. The van der Waals surface area contributed by atoms with E-state index in [0.717, 1.165) is 19.5 Å². The number of aliphatic hydroxyl groups excluding tert-OH is 1. The zero-order valence-corrected chi connectivity index (χ0v) is 12.2. The number of likely N-dealkylation sites (N-methyl/N-ethyl adjacent to an activating group) is 1. The summed E-state index contributed by atoms with van der Waals surface area (Å²) in [6, 6.07) is 0.692. The first-order valence-corrected chi connectivity index (χ1v) is 6.87. The molecule has 0 spiro atoms. The van der Waals surface area contributed by atoms with Gasteiger partial charge in [-0.05, 0) is 45.3 Å². The summed E-state index contributed by atoms with van der Waals surface area (Å²) in [6.07, 6.45) is 3.32. The van der Waals surface area contributed by atoms with Crippen LogP contribution in [0, 0.1) is 5.41 Å². The highest BCUT2D eigenvalue weighted by atomic mass is 16.3. The van der Waals surface area contributed by atoms with E-state index in [4.69, 9.17) is 0 Å². The van der Waals surface area contributed by atoms with Crippen LogP contribution in [0.1, 0.15) is 40.0 Å². The minimum Gasteiger partial charge on any atom is -0.393 e. The van der Waals surface area contributed by atoms with Gasteiger partial charge in [0.15, 0.2) is 0 Å². The molecule has 1 fully saturated rings. The molecule has 1 heterocycles. The van der Waals surface area contributed by atoms with Gasteiger partial charge in [0, 0.05) is 19.1 Å². The molecule has 3 heteroatoms. The maximum absolute atomic E-state index is 10.1.